The third kappa shape index (κ3) is 6.70. The lowest BCUT2D eigenvalue weighted by molar-refractivity contribution is 0.105. The molecule has 2 N–H and O–H groups in total. The summed E-state index contributed by atoms with van der Waals surface area (Å²) in [5.41, 5.74) is 0.941. The zero-order chi connectivity index (χ0) is 15.1. The molecule has 0 aromatic heterocycles. The van der Waals surface area contributed by atoms with Crippen LogP contribution in [0.1, 0.15) is 12.5 Å². The standard InChI is InChI=1S/C14H22ClNO3S/c1-10-6-13(4-5-14(10)15)19-8-12(17)7-16-11(2)9-20(3)18/h4-6,11-12,16-17H,7-9H2,1-3H3. The topological polar surface area (TPSA) is 58.6 Å². The van der Waals surface area contributed by atoms with Crippen molar-refractivity contribution in [3.8, 4) is 5.75 Å². The van der Waals surface area contributed by atoms with Crippen molar-refractivity contribution in [2.24, 2.45) is 0 Å². The molecular formula is C14H22ClNO3S. The van der Waals surface area contributed by atoms with Gasteiger partial charge in [0, 0.05) is 40.4 Å². The van der Waals surface area contributed by atoms with Gasteiger partial charge in [-0.2, -0.15) is 0 Å². The number of hydrogen-bond acceptors (Lipinski definition) is 4. The van der Waals surface area contributed by atoms with Gasteiger partial charge >= 0.3 is 0 Å². The number of aryl methyl sites for hydroxylation is 1. The number of benzene rings is 1. The highest BCUT2D eigenvalue weighted by molar-refractivity contribution is 7.84. The van der Waals surface area contributed by atoms with Crippen molar-refractivity contribution >= 4 is 22.4 Å². The summed E-state index contributed by atoms with van der Waals surface area (Å²) in [6, 6.07) is 5.49. The summed E-state index contributed by atoms with van der Waals surface area (Å²) in [6.07, 6.45) is 1.05. The Hall–Kier alpha value is -0.620. The van der Waals surface area contributed by atoms with Crippen molar-refractivity contribution in [2.45, 2.75) is 26.0 Å². The molecule has 0 bridgehead atoms. The van der Waals surface area contributed by atoms with Gasteiger partial charge in [0.1, 0.15) is 18.5 Å². The van der Waals surface area contributed by atoms with E-state index in [4.69, 9.17) is 16.3 Å². The second-order valence-electron chi connectivity index (χ2n) is 4.92. The summed E-state index contributed by atoms with van der Waals surface area (Å²) in [6.45, 7) is 4.46. The molecule has 6 heteroatoms. The van der Waals surface area contributed by atoms with Crippen LogP contribution in [-0.2, 0) is 10.8 Å². The first-order chi connectivity index (χ1) is 9.38. The molecule has 1 rings (SSSR count). The molecule has 0 fully saturated rings. The second kappa shape index (κ2) is 8.62. The fraction of sp³-hybridized carbons (Fsp3) is 0.571. The predicted molar refractivity (Wildman–Crippen MR) is 84.1 cm³/mol. The Bertz CT molecular complexity index is 456. The highest BCUT2D eigenvalue weighted by atomic mass is 35.5. The van der Waals surface area contributed by atoms with Crippen molar-refractivity contribution in [3.63, 3.8) is 0 Å². The lowest BCUT2D eigenvalue weighted by Gasteiger charge is -2.17. The summed E-state index contributed by atoms with van der Waals surface area (Å²) in [5, 5.41) is 13.6. The number of aliphatic hydroxyl groups excluding tert-OH is 1. The van der Waals surface area contributed by atoms with Gasteiger partial charge in [0.05, 0.1) is 0 Å². The molecule has 3 unspecified atom stereocenters. The molecule has 114 valence electrons. The average Bonchev–Trinajstić information content (AvgIpc) is 2.37. The first kappa shape index (κ1) is 17.4. The first-order valence-electron chi connectivity index (χ1n) is 6.49. The zero-order valence-electron chi connectivity index (χ0n) is 12.1. The van der Waals surface area contributed by atoms with Crippen LogP contribution >= 0.6 is 11.6 Å². The van der Waals surface area contributed by atoms with Crippen LogP contribution in [0.4, 0.5) is 0 Å². The van der Waals surface area contributed by atoms with Gasteiger partial charge in [-0.25, -0.2) is 0 Å². The van der Waals surface area contributed by atoms with Gasteiger partial charge < -0.3 is 15.2 Å². The molecule has 0 aliphatic rings. The fourth-order valence-corrected chi connectivity index (χ4v) is 2.65. The first-order valence-corrected chi connectivity index (χ1v) is 8.59. The molecule has 20 heavy (non-hydrogen) atoms. The largest absolute Gasteiger partial charge is 0.491 e. The SMILES string of the molecule is Cc1cc(OCC(O)CNC(C)CS(C)=O)ccc1Cl. The van der Waals surface area contributed by atoms with Gasteiger partial charge in [0.2, 0.25) is 0 Å². The Morgan fingerprint density at radius 2 is 2.20 bits per heavy atom. The number of halogens is 1. The van der Waals surface area contributed by atoms with E-state index >= 15 is 0 Å². The van der Waals surface area contributed by atoms with Crippen molar-refractivity contribution in [2.75, 3.05) is 25.2 Å². The molecule has 1 aromatic carbocycles. The van der Waals surface area contributed by atoms with E-state index in [-0.39, 0.29) is 12.6 Å². The van der Waals surface area contributed by atoms with Crippen LogP contribution in [0, 0.1) is 6.92 Å². The maximum absolute atomic E-state index is 11.0. The van der Waals surface area contributed by atoms with E-state index in [2.05, 4.69) is 5.32 Å². The van der Waals surface area contributed by atoms with Gasteiger partial charge in [0.15, 0.2) is 0 Å². The zero-order valence-corrected chi connectivity index (χ0v) is 13.6. The number of aliphatic hydroxyl groups is 1. The van der Waals surface area contributed by atoms with E-state index in [1.807, 2.05) is 19.9 Å². The molecule has 0 saturated heterocycles. The van der Waals surface area contributed by atoms with E-state index in [0.29, 0.717) is 23.1 Å². The van der Waals surface area contributed by atoms with Crippen LogP contribution in [0.15, 0.2) is 18.2 Å². The number of hydrogen-bond donors (Lipinski definition) is 2. The van der Waals surface area contributed by atoms with E-state index in [0.717, 1.165) is 5.56 Å². The van der Waals surface area contributed by atoms with E-state index in [1.165, 1.54) is 0 Å². The molecule has 3 atom stereocenters. The van der Waals surface area contributed by atoms with Crippen LogP contribution in [0.2, 0.25) is 5.02 Å². The summed E-state index contributed by atoms with van der Waals surface area (Å²) >= 11 is 5.93. The van der Waals surface area contributed by atoms with Crippen LogP contribution in [0.5, 0.6) is 5.75 Å². The van der Waals surface area contributed by atoms with Gasteiger partial charge in [-0.05, 0) is 37.6 Å². The van der Waals surface area contributed by atoms with Crippen molar-refractivity contribution in [3.05, 3.63) is 28.8 Å². The molecule has 1 aromatic rings. The predicted octanol–water partition coefficient (Wildman–Crippen LogP) is 1.74. The minimum absolute atomic E-state index is 0.105. The van der Waals surface area contributed by atoms with E-state index in [1.54, 1.807) is 18.4 Å². The fourth-order valence-electron chi connectivity index (χ4n) is 1.71. The van der Waals surface area contributed by atoms with Gasteiger partial charge in [-0.1, -0.05) is 11.6 Å². The molecule has 4 nitrogen and oxygen atoms in total. The van der Waals surface area contributed by atoms with Gasteiger partial charge in [-0.15, -0.1) is 0 Å². The number of nitrogens with one attached hydrogen (secondary N) is 1. The summed E-state index contributed by atoms with van der Waals surface area (Å²) in [7, 11) is -0.837. The second-order valence-corrected chi connectivity index (χ2v) is 6.81. The molecular weight excluding hydrogens is 298 g/mol. The summed E-state index contributed by atoms with van der Waals surface area (Å²) in [4.78, 5) is 0. The third-order valence-electron chi connectivity index (χ3n) is 2.76. The Labute approximate surface area is 127 Å². The van der Waals surface area contributed by atoms with E-state index in [9.17, 15) is 9.32 Å². The van der Waals surface area contributed by atoms with Crippen LogP contribution in [0.25, 0.3) is 0 Å². The lowest BCUT2D eigenvalue weighted by atomic mass is 10.2. The Morgan fingerprint density at radius 3 is 2.80 bits per heavy atom. The number of ether oxygens (including phenoxy) is 1. The van der Waals surface area contributed by atoms with Crippen LogP contribution in [-0.4, -0.2) is 46.6 Å². The molecule has 0 aliphatic heterocycles. The third-order valence-corrected chi connectivity index (χ3v) is 4.15. The molecule has 0 radical (unpaired) electrons. The Morgan fingerprint density at radius 1 is 1.50 bits per heavy atom. The normalized spacial score (nSPS) is 15.7. The molecule has 0 amide bonds. The van der Waals surface area contributed by atoms with Crippen molar-refractivity contribution in [1.82, 2.24) is 5.32 Å². The minimum Gasteiger partial charge on any atom is -0.491 e. The molecule has 0 aliphatic carbocycles. The minimum atomic E-state index is -0.837. The monoisotopic (exact) mass is 319 g/mol. The van der Waals surface area contributed by atoms with Gasteiger partial charge in [0.25, 0.3) is 0 Å². The summed E-state index contributed by atoms with van der Waals surface area (Å²) in [5.74, 6) is 1.26. The summed E-state index contributed by atoms with van der Waals surface area (Å²) < 4.78 is 16.6. The average molecular weight is 320 g/mol. The molecule has 0 saturated carbocycles. The highest BCUT2D eigenvalue weighted by Crippen LogP contribution is 2.21. The smallest absolute Gasteiger partial charge is 0.119 e. The maximum atomic E-state index is 11.0. The van der Waals surface area contributed by atoms with Crippen molar-refractivity contribution < 1.29 is 14.1 Å². The van der Waals surface area contributed by atoms with Crippen molar-refractivity contribution in [1.29, 1.82) is 0 Å². The number of rotatable bonds is 8. The molecule has 0 spiro atoms. The maximum Gasteiger partial charge on any atom is 0.119 e. The Balaban J connectivity index is 2.30. The highest BCUT2D eigenvalue weighted by Gasteiger charge is 2.09. The lowest BCUT2D eigenvalue weighted by Crippen LogP contribution is -2.39. The Kier molecular flexibility index (Phi) is 7.51. The van der Waals surface area contributed by atoms with E-state index < -0.39 is 16.9 Å². The quantitative estimate of drug-likeness (QED) is 0.766. The molecule has 0 heterocycles. The van der Waals surface area contributed by atoms with Gasteiger partial charge in [-0.3, -0.25) is 4.21 Å². The van der Waals surface area contributed by atoms with Crippen LogP contribution in [0.3, 0.4) is 0 Å². The van der Waals surface area contributed by atoms with Crippen LogP contribution < -0.4 is 10.1 Å².